The molecule has 2 rings (SSSR count). The predicted molar refractivity (Wildman–Crippen MR) is 88.9 cm³/mol. The van der Waals surface area contributed by atoms with E-state index in [9.17, 15) is 9.90 Å². The number of hydrogen-bond donors (Lipinski definition) is 2. The summed E-state index contributed by atoms with van der Waals surface area (Å²) >= 11 is 6.15. The van der Waals surface area contributed by atoms with E-state index in [1.165, 1.54) is 4.68 Å². The first-order valence-electron chi connectivity index (χ1n) is 7.59. The maximum Gasteiger partial charge on any atom is 0.273 e. The Labute approximate surface area is 140 Å². The Bertz CT molecular complexity index is 686. The smallest absolute Gasteiger partial charge is 0.273 e. The van der Waals surface area contributed by atoms with Crippen LogP contribution in [0.2, 0.25) is 5.02 Å². The summed E-state index contributed by atoms with van der Waals surface area (Å²) < 4.78 is 1.53. The number of nitrogens with zero attached hydrogens (tertiary/aromatic N) is 3. The summed E-state index contributed by atoms with van der Waals surface area (Å²) in [6.07, 6.45) is 0.265. The van der Waals surface area contributed by atoms with E-state index in [1.54, 1.807) is 19.1 Å². The van der Waals surface area contributed by atoms with Crippen LogP contribution in [0.3, 0.4) is 0 Å². The number of nitrogens with one attached hydrogen (secondary N) is 1. The second-order valence-corrected chi connectivity index (χ2v) is 5.96. The zero-order chi connectivity index (χ0) is 17.0. The molecular formula is C16H21ClN4O2. The highest BCUT2D eigenvalue weighted by molar-refractivity contribution is 6.32. The van der Waals surface area contributed by atoms with Gasteiger partial charge in [0.1, 0.15) is 0 Å². The van der Waals surface area contributed by atoms with Gasteiger partial charge in [0, 0.05) is 6.54 Å². The van der Waals surface area contributed by atoms with Gasteiger partial charge in [-0.1, -0.05) is 49.2 Å². The Morgan fingerprint density at radius 1 is 1.43 bits per heavy atom. The summed E-state index contributed by atoms with van der Waals surface area (Å²) in [6.45, 7) is 5.88. The van der Waals surface area contributed by atoms with Gasteiger partial charge in [-0.3, -0.25) is 4.79 Å². The summed E-state index contributed by atoms with van der Waals surface area (Å²) in [5.41, 5.74) is 1.48. The van der Waals surface area contributed by atoms with E-state index in [-0.39, 0.29) is 24.1 Å². The zero-order valence-electron chi connectivity index (χ0n) is 13.5. The number of aliphatic hydroxyl groups is 1. The molecule has 1 heterocycles. The quantitative estimate of drug-likeness (QED) is 0.848. The maximum absolute atomic E-state index is 12.2. The van der Waals surface area contributed by atoms with E-state index >= 15 is 0 Å². The van der Waals surface area contributed by atoms with E-state index in [0.29, 0.717) is 16.4 Å². The van der Waals surface area contributed by atoms with Gasteiger partial charge in [-0.2, -0.15) is 0 Å². The lowest BCUT2D eigenvalue weighted by molar-refractivity contribution is 0.0845. The van der Waals surface area contributed by atoms with Crippen molar-refractivity contribution in [2.75, 3.05) is 6.54 Å². The molecule has 1 aromatic heterocycles. The molecule has 0 aliphatic heterocycles. The summed E-state index contributed by atoms with van der Waals surface area (Å²) in [5.74, 6) is -0.238. The minimum absolute atomic E-state index is 0.121. The zero-order valence-corrected chi connectivity index (χ0v) is 14.2. The van der Waals surface area contributed by atoms with Gasteiger partial charge in [0.05, 0.1) is 22.5 Å². The first kappa shape index (κ1) is 17.4. The van der Waals surface area contributed by atoms with Gasteiger partial charge in [0.15, 0.2) is 5.69 Å². The van der Waals surface area contributed by atoms with E-state index in [1.807, 2.05) is 26.0 Å². The number of hydrogen-bond acceptors (Lipinski definition) is 4. The van der Waals surface area contributed by atoms with Crippen LogP contribution in [-0.2, 0) is 0 Å². The second-order valence-electron chi connectivity index (χ2n) is 5.55. The van der Waals surface area contributed by atoms with Crippen LogP contribution in [0.4, 0.5) is 0 Å². The predicted octanol–water partition coefficient (Wildman–Crippen LogP) is 2.37. The lowest BCUT2D eigenvalue weighted by Crippen LogP contribution is -2.35. The Balaban J connectivity index is 2.13. The highest BCUT2D eigenvalue weighted by Crippen LogP contribution is 2.21. The van der Waals surface area contributed by atoms with E-state index < -0.39 is 6.10 Å². The SMILES string of the molecule is CCC(C)C(O)CNC(=O)c1nnn(-c2ccccc2Cl)c1C. The number of amides is 1. The summed E-state index contributed by atoms with van der Waals surface area (Å²) in [7, 11) is 0. The molecule has 6 nitrogen and oxygen atoms in total. The molecule has 0 aliphatic carbocycles. The minimum Gasteiger partial charge on any atom is -0.391 e. The van der Waals surface area contributed by atoms with Crippen LogP contribution in [-0.4, -0.2) is 38.7 Å². The second kappa shape index (κ2) is 7.57. The molecule has 0 saturated carbocycles. The van der Waals surface area contributed by atoms with Gasteiger partial charge in [-0.25, -0.2) is 4.68 Å². The Kier molecular flexibility index (Phi) is 5.74. The molecule has 2 N–H and O–H groups in total. The van der Waals surface area contributed by atoms with Crippen LogP contribution < -0.4 is 5.32 Å². The lowest BCUT2D eigenvalue weighted by Gasteiger charge is -2.17. The molecule has 0 spiro atoms. The van der Waals surface area contributed by atoms with Crippen molar-refractivity contribution in [1.82, 2.24) is 20.3 Å². The fraction of sp³-hybridized carbons (Fsp3) is 0.438. The molecule has 0 bridgehead atoms. The van der Waals surface area contributed by atoms with Crippen LogP contribution in [0.5, 0.6) is 0 Å². The van der Waals surface area contributed by atoms with Gasteiger partial charge in [-0.05, 0) is 25.0 Å². The van der Waals surface area contributed by atoms with Crippen molar-refractivity contribution in [2.45, 2.75) is 33.3 Å². The molecule has 0 aliphatic rings. The highest BCUT2D eigenvalue weighted by Gasteiger charge is 2.20. The van der Waals surface area contributed by atoms with Crippen LogP contribution in [0.1, 0.15) is 36.5 Å². The van der Waals surface area contributed by atoms with Crippen molar-refractivity contribution in [3.63, 3.8) is 0 Å². The molecule has 0 fully saturated rings. The first-order valence-corrected chi connectivity index (χ1v) is 7.97. The molecule has 1 amide bonds. The molecule has 23 heavy (non-hydrogen) atoms. The third kappa shape index (κ3) is 3.89. The van der Waals surface area contributed by atoms with Crippen LogP contribution in [0.25, 0.3) is 5.69 Å². The first-order chi connectivity index (χ1) is 11.0. The van der Waals surface area contributed by atoms with Crippen molar-refractivity contribution in [1.29, 1.82) is 0 Å². The maximum atomic E-state index is 12.2. The van der Waals surface area contributed by atoms with Gasteiger partial charge in [0.2, 0.25) is 0 Å². The van der Waals surface area contributed by atoms with Crippen molar-refractivity contribution >= 4 is 17.5 Å². The van der Waals surface area contributed by atoms with Gasteiger partial charge < -0.3 is 10.4 Å². The third-order valence-electron chi connectivity index (χ3n) is 3.96. The third-order valence-corrected chi connectivity index (χ3v) is 4.28. The number of para-hydroxylation sites is 1. The van der Waals surface area contributed by atoms with Crippen molar-refractivity contribution in [3.8, 4) is 5.69 Å². The lowest BCUT2D eigenvalue weighted by atomic mass is 10.0. The minimum atomic E-state index is -0.581. The van der Waals surface area contributed by atoms with E-state index in [4.69, 9.17) is 11.6 Å². The Hall–Kier alpha value is -1.92. The van der Waals surface area contributed by atoms with E-state index in [0.717, 1.165) is 6.42 Å². The molecule has 2 atom stereocenters. The fourth-order valence-corrected chi connectivity index (χ4v) is 2.36. The van der Waals surface area contributed by atoms with Crippen molar-refractivity contribution in [3.05, 3.63) is 40.7 Å². The van der Waals surface area contributed by atoms with Crippen molar-refractivity contribution in [2.24, 2.45) is 5.92 Å². The van der Waals surface area contributed by atoms with Crippen LogP contribution in [0, 0.1) is 12.8 Å². The monoisotopic (exact) mass is 336 g/mol. The molecule has 0 saturated heterocycles. The van der Waals surface area contributed by atoms with Gasteiger partial charge >= 0.3 is 0 Å². The summed E-state index contributed by atoms with van der Waals surface area (Å²) in [4.78, 5) is 12.2. The number of rotatable bonds is 6. The number of halogens is 1. The van der Waals surface area contributed by atoms with Gasteiger partial charge in [-0.15, -0.1) is 5.10 Å². The topological polar surface area (TPSA) is 80.0 Å². The standard InChI is InChI=1S/C16H21ClN4O2/c1-4-10(2)14(22)9-18-16(23)15-11(3)21(20-19-15)13-8-6-5-7-12(13)17/h5-8,10,14,22H,4,9H2,1-3H3,(H,18,23). The molecule has 124 valence electrons. The fourth-order valence-electron chi connectivity index (χ4n) is 2.15. The van der Waals surface area contributed by atoms with Gasteiger partial charge in [0.25, 0.3) is 5.91 Å². The largest absolute Gasteiger partial charge is 0.391 e. The normalized spacial score (nSPS) is 13.6. The molecular weight excluding hydrogens is 316 g/mol. The molecule has 2 unspecified atom stereocenters. The number of carbonyl (C=O) groups is 1. The molecule has 7 heteroatoms. The molecule has 1 aromatic carbocycles. The average molecular weight is 337 g/mol. The van der Waals surface area contributed by atoms with E-state index in [2.05, 4.69) is 15.6 Å². The number of aromatic nitrogens is 3. The highest BCUT2D eigenvalue weighted by atomic mass is 35.5. The average Bonchev–Trinajstić information content (AvgIpc) is 2.93. The Morgan fingerprint density at radius 2 is 2.13 bits per heavy atom. The number of aliphatic hydroxyl groups excluding tert-OH is 1. The molecule has 2 aromatic rings. The van der Waals surface area contributed by atoms with Crippen molar-refractivity contribution < 1.29 is 9.90 Å². The van der Waals surface area contributed by atoms with Crippen LogP contribution >= 0.6 is 11.6 Å². The number of carbonyl (C=O) groups excluding carboxylic acids is 1. The summed E-state index contributed by atoms with van der Waals surface area (Å²) in [5, 5.41) is 21.1. The molecule has 0 radical (unpaired) electrons. The number of benzene rings is 1. The van der Waals surface area contributed by atoms with Crippen LogP contribution in [0.15, 0.2) is 24.3 Å². The Morgan fingerprint density at radius 3 is 2.78 bits per heavy atom. The summed E-state index contributed by atoms with van der Waals surface area (Å²) in [6, 6.07) is 7.21.